The van der Waals surface area contributed by atoms with Crippen LogP contribution < -0.4 is 0 Å². The lowest BCUT2D eigenvalue weighted by Gasteiger charge is -2.16. The van der Waals surface area contributed by atoms with Crippen LogP contribution in [0.3, 0.4) is 0 Å². The lowest BCUT2D eigenvalue weighted by Crippen LogP contribution is -2.12. The third-order valence-corrected chi connectivity index (χ3v) is 3.72. The van der Waals surface area contributed by atoms with Crippen LogP contribution in [-0.4, -0.2) is 35.8 Å². The first-order valence-electron chi connectivity index (χ1n) is 5.74. The van der Waals surface area contributed by atoms with Gasteiger partial charge in [-0.2, -0.15) is 0 Å². The van der Waals surface area contributed by atoms with Crippen LogP contribution in [0.5, 0.6) is 0 Å². The fourth-order valence-corrected chi connectivity index (χ4v) is 2.74. The van der Waals surface area contributed by atoms with Crippen molar-refractivity contribution in [1.82, 2.24) is 4.98 Å². The standard InChI is InChI=1S/C12H14N2O2S/c1-8-2-3-10-11(4-5-17-12(10)13-8)14-16-7-9-6-15-9/h2-3,9H,4-7H2,1H3/b14-11+. The minimum absolute atomic E-state index is 0.257. The van der Waals surface area contributed by atoms with Gasteiger partial charge in [-0.25, -0.2) is 4.98 Å². The van der Waals surface area contributed by atoms with Crippen LogP contribution in [0.2, 0.25) is 0 Å². The Labute approximate surface area is 104 Å². The van der Waals surface area contributed by atoms with Gasteiger partial charge in [0.1, 0.15) is 17.7 Å². The number of epoxide rings is 1. The van der Waals surface area contributed by atoms with Crippen molar-refractivity contribution in [3.05, 3.63) is 23.4 Å². The summed E-state index contributed by atoms with van der Waals surface area (Å²) in [6.45, 7) is 3.37. The minimum atomic E-state index is 0.257. The van der Waals surface area contributed by atoms with Crippen LogP contribution >= 0.6 is 11.8 Å². The van der Waals surface area contributed by atoms with Crippen molar-refractivity contribution in [3.63, 3.8) is 0 Å². The quantitative estimate of drug-likeness (QED) is 0.608. The Morgan fingerprint density at radius 2 is 2.47 bits per heavy atom. The highest BCUT2D eigenvalue weighted by Crippen LogP contribution is 2.28. The summed E-state index contributed by atoms with van der Waals surface area (Å²) in [7, 11) is 0. The van der Waals surface area contributed by atoms with E-state index in [9.17, 15) is 0 Å². The highest BCUT2D eigenvalue weighted by molar-refractivity contribution is 7.99. The van der Waals surface area contributed by atoms with E-state index < -0.39 is 0 Å². The van der Waals surface area contributed by atoms with Crippen molar-refractivity contribution in [3.8, 4) is 0 Å². The highest BCUT2D eigenvalue weighted by Gasteiger charge is 2.24. The molecule has 1 fully saturated rings. The van der Waals surface area contributed by atoms with Crippen LogP contribution in [0.1, 0.15) is 17.7 Å². The minimum Gasteiger partial charge on any atom is -0.393 e. The molecule has 1 unspecified atom stereocenters. The SMILES string of the molecule is Cc1ccc2c(n1)SCC/C2=N\OCC1CO1. The van der Waals surface area contributed by atoms with Gasteiger partial charge in [0.2, 0.25) is 0 Å². The maximum atomic E-state index is 5.31. The molecular weight excluding hydrogens is 236 g/mol. The summed E-state index contributed by atoms with van der Waals surface area (Å²) < 4.78 is 5.07. The monoisotopic (exact) mass is 250 g/mol. The van der Waals surface area contributed by atoms with Gasteiger partial charge in [0.15, 0.2) is 0 Å². The van der Waals surface area contributed by atoms with E-state index in [1.165, 1.54) is 0 Å². The molecule has 2 aliphatic heterocycles. The molecule has 2 aliphatic rings. The molecule has 0 spiro atoms. The number of pyridine rings is 1. The van der Waals surface area contributed by atoms with Crippen molar-refractivity contribution in [2.45, 2.75) is 24.5 Å². The van der Waals surface area contributed by atoms with Gasteiger partial charge in [0.05, 0.1) is 12.3 Å². The second kappa shape index (κ2) is 4.66. The second-order valence-electron chi connectivity index (χ2n) is 4.19. The van der Waals surface area contributed by atoms with Gasteiger partial charge in [-0.3, -0.25) is 0 Å². The number of hydrogen-bond acceptors (Lipinski definition) is 5. The van der Waals surface area contributed by atoms with Gasteiger partial charge >= 0.3 is 0 Å². The van der Waals surface area contributed by atoms with Gasteiger partial charge in [-0.05, 0) is 19.1 Å². The molecule has 0 saturated carbocycles. The molecule has 0 radical (unpaired) electrons. The molecule has 0 bridgehead atoms. The number of oxime groups is 1. The zero-order valence-electron chi connectivity index (χ0n) is 9.68. The van der Waals surface area contributed by atoms with Gasteiger partial charge in [-0.1, -0.05) is 5.16 Å². The van der Waals surface area contributed by atoms with Gasteiger partial charge < -0.3 is 9.57 Å². The smallest absolute Gasteiger partial charge is 0.145 e. The summed E-state index contributed by atoms with van der Waals surface area (Å²) >= 11 is 1.79. The number of aromatic nitrogens is 1. The number of rotatable bonds is 3. The molecule has 90 valence electrons. The number of aryl methyl sites for hydroxylation is 1. The molecule has 5 heteroatoms. The number of nitrogens with zero attached hydrogens (tertiary/aromatic N) is 2. The third-order valence-electron chi connectivity index (χ3n) is 2.73. The Kier molecular flexibility index (Phi) is 3.03. The molecule has 0 aliphatic carbocycles. The lowest BCUT2D eigenvalue weighted by molar-refractivity contribution is 0.124. The van der Waals surface area contributed by atoms with Crippen LogP contribution in [0.25, 0.3) is 0 Å². The molecule has 17 heavy (non-hydrogen) atoms. The molecule has 1 saturated heterocycles. The van der Waals surface area contributed by atoms with Crippen molar-refractivity contribution in [1.29, 1.82) is 0 Å². The summed E-state index contributed by atoms with van der Waals surface area (Å²) in [5, 5.41) is 5.29. The number of thioether (sulfide) groups is 1. The lowest BCUT2D eigenvalue weighted by atomic mass is 10.1. The zero-order valence-corrected chi connectivity index (χ0v) is 10.5. The van der Waals surface area contributed by atoms with Crippen molar-refractivity contribution in [2.75, 3.05) is 19.0 Å². The van der Waals surface area contributed by atoms with E-state index in [1.54, 1.807) is 11.8 Å². The molecule has 1 aromatic rings. The largest absolute Gasteiger partial charge is 0.393 e. The molecule has 3 rings (SSSR count). The predicted molar refractivity (Wildman–Crippen MR) is 66.5 cm³/mol. The second-order valence-corrected chi connectivity index (χ2v) is 5.28. The van der Waals surface area contributed by atoms with E-state index in [1.807, 2.05) is 13.0 Å². The van der Waals surface area contributed by atoms with E-state index >= 15 is 0 Å². The fraction of sp³-hybridized carbons (Fsp3) is 0.500. The van der Waals surface area contributed by atoms with Crippen LogP contribution in [0, 0.1) is 6.92 Å². The fourth-order valence-electron chi connectivity index (χ4n) is 1.70. The average Bonchev–Trinajstić information content (AvgIpc) is 3.13. The van der Waals surface area contributed by atoms with E-state index in [4.69, 9.17) is 9.57 Å². The summed E-state index contributed by atoms with van der Waals surface area (Å²) in [6, 6.07) is 4.10. The number of hydrogen-bond donors (Lipinski definition) is 0. The van der Waals surface area contributed by atoms with Crippen LogP contribution in [0.4, 0.5) is 0 Å². The first-order valence-corrected chi connectivity index (χ1v) is 6.73. The highest BCUT2D eigenvalue weighted by atomic mass is 32.2. The van der Waals surface area contributed by atoms with Gasteiger partial charge in [0.25, 0.3) is 0 Å². The van der Waals surface area contributed by atoms with Gasteiger partial charge in [0, 0.05) is 23.4 Å². The van der Waals surface area contributed by atoms with Crippen molar-refractivity contribution >= 4 is 17.5 Å². The van der Waals surface area contributed by atoms with Crippen LogP contribution in [0.15, 0.2) is 22.3 Å². The van der Waals surface area contributed by atoms with E-state index in [0.717, 1.165) is 40.8 Å². The summed E-state index contributed by atoms with van der Waals surface area (Å²) in [4.78, 5) is 9.83. The predicted octanol–water partition coefficient (Wildman–Crippen LogP) is 2.01. The summed E-state index contributed by atoms with van der Waals surface area (Å²) in [6.07, 6.45) is 1.20. The van der Waals surface area contributed by atoms with E-state index in [2.05, 4.69) is 16.2 Å². The molecule has 0 aromatic carbocycles. The van der Waals surface area contributed by atoms with E-state index in [-0.39, 0.29) is 6.10 Å². The third kappa shape index (κ3) is 2.61. The normalized spacial score (nSPS) is 24.5. The molecule has 1 atom stereocenters. The van der Waals surface area contributed by atoms with Crippen LogP contribution in [-0.2, 0) is 9.57 Å². The Bertz CT molecular complexity index is 458. The molecule has 1 aromatic heterocycles. The number of fused-ring (bicyclic) bond motifs is 1. The Hall–Kier alpha value is -1.07. The van der Waals surface area contributed by atoms with Crippen molar-refractivity contribution in [2.24, 2.45) is 5.16 Å². The topological polar surface area (TPSA) is 47.0 Å². The molecule has 0 amide bonds. The summed E-state index contributed by atoms with van der Waals surface area (Å²) in [5.74, 6) is 1.02. The van der Waals surface area contributed by atoms with Gasteiger partial charge in [-0.15, -0.1) is 11.8 Å². The summed E-state index contributed by atoms with van der Waals surface area (Å²) in [5.41, 5.74) is 3.17. The first-order chi connectivity index (χ1) is 8.33. The average molecular weight is 250 g/mol. The zero-order chi connectivity index (χ0) is 11.7. The first kappa shape index (κ1) is 11.0. The maximum absolute atomic E-state index is 5.31. The maximum Gasteiger partial charge on any atom is 0.145 e. The Balaban J connectivity index is 1.77. The van der Waals surface area contributed by atoms with E-state index in [0.29, 0.717) is 6.61 Å². The molecular formula is C12H14N2O2S. The molecule has 4 nitrogen and oxygen atoms in total. The molecule has 3 heterocycles. The molecule has 0 N–H and O–H groups in total. The van der Waals surface area contributed by atoms with Crippen molar-refractivity contribution < 1.29 is 9.57 Å². The number of ether oxygens (including phenoxy) is 1. The Morgan fingerprint density at radius 1 is 1.59 bits per heavy atom. The Morgan fingerprint density at radius 3 is 3.29 bits per heavy atom.